The Labute approximate surface area is 141 Å². The van der Waals surface area contributed by atoms with Crippen LogP contribution in [0, 0.1) is 0 Å². The number of aromatic carboxylic acids is 2. The number of anilines is 2. The molecule has 1 heterocycles. The van der Waals surface area contributed by atoms with Crippen molar-refractivity contribution in [3.63, 3.8) is 0 Å². The van der Waals surface area contributed by atoms with Gasteiger partial charge in [0.2, 0.25) is 0 Å². The van der Waals surface area contributed by atoms with Crippen molar-refractivity contribution in [2.75, 3.05) is 5.32 Å². The number of carboxylic acids is 2. The summed E-state index contributed by atoms with van der Waals surface area (Å²) in [6.07, 6.45) is 1.58. The molecular weight excluding hydrogens is 332 g/mol. The Kier molecular flexibility index (Phi) is 4.05. The number of pyridine rings is 1. The normalized spacial score (nSPS) is 10.5. The summed E-state index contributed by atoms with van der Waals surface area (Å²) in [5.41, 5.74) is 1.46. The van der Waals surface area contributed by atoms with Gasteiger partial charge in [0.25, 0.3) is 0 Å². The minimum atomic E-state index is -1.20. The number of hydrogen-bond acceptors (Lipinski definition) is 4. The third kappa shape index (κ3) is 3.13. The first-order valence-corrected chi connectivity index (χ1v) is 7.25. The number of carboxylic acid groups (broad SMARTS) is 2. The summed E-state index contributed by atoms with van der Waals surface area (Å²) >= 11 is 5.95. The average molecular weight is 343 g/mol. The van der Waals surface area contributed by atoms with E-state index in [2.05, 4.69) is 10.3 Å². The first-order valence-electron chi connectivity index (χ1n) is 6.87. The van der Waals surface area contributed by atoms with Gasteiger partial charge in [0.15, 0.2) is 0 Å². The van der Waals surface area contributed by atoms with Gasteiger partial charge in [0, 0.05) is 28.0 Å². The van der Waals surface area contributed by atoms with Crippen LogP contribution in [-0.2, 0) is 0 Å². The predicted molar refractivity (Wildman–Crippen MR) is 90.4 cm³/mol. The van der Waals surface area contributed by atoms with Gasteiger partial charge in [0.05, 0.1) is 16.6 Å². The summed E-state index contributed by atoms with van der Waals surface area (Å²) in [6, 6.07) is 10.8. The molecule has 0 saturated heterocycles. The average Bonchev–Trinajstić information content (AvgIpc) is 2.54. The Balaban J connectivity index is 2.08. The van der Waals surface area contributed by atoms with Gasteiger partial charge < -0.3 is 15.5 Å². The minimum absolute atomic E-state index is 0.112. The monoisotopic (exact) mass is 342 g/mol. The van der Waals surface area contributed by atoms with E-state index in [-0.39, 0.29) is 11.1 Å². The lowest BCUT2D eigenvalue weighted by Crippen LogP contribution is -2.04. The van der Waals surface area contributed by atoms with Crippen LogP contribution in [0.15, 0.2) is 48.7 Å². The second-order valence-corrected chi connectivity index (χ2v) is 5.49. The number of rotatable bonds is 4. The van der Waals surface area contributed by atoms with Crippen LogP contribution in [0.1, 0.15) is 20.7 Å². The largest absolute Gasteiger partial charge is 0.478 e. The molecule has 0 aliphatic rings. The van der Waals surface area contributed by atoms with Crippen molar-refractivity contribution in [1.29, 1.82) is 0 Å². The van der Waals surface area contributed by atoms with E-state index < -0.39 is 11.9 Å². The zero-order chi connectivity index (χ0) is 17.3. The molecule has 0 atom stereocenters. The van der Waals surface area contributed by atoms with Crippen LogP contribution in [0.2, 0.25) is 5.02 Å². The number of nitrogens with zero attached hydrogens (tertiary/aromatic N) is 1. The van der Waals surface area contributed by atoms with E-state index in [1.165, 1.54) is 12.1 Å². The molecule has 0 aliphatic carbocycles. The molecule has 2 aromatic carbocycles. The number of halogens is 1. The van der Waals surface area contributed by atoms with Gasteiger partial charge in [-0.05, 0) is 42.5 Å². The predicted octanol–water partition coefficient (Wildman–Crippen LogP) is 4.03. The second kappa shape index (κ2) is 6.17. The quantitative estimate of drug-likeness (QED) is 0.662. The SMILES string of the molecule is O=C(O)c1cc(Nc2ccnc3cc(Cl)ccc23)cc(C(=O)O)c1. The number of fused-ring (bicyclic) bond motifs is 1. The third-order valence-corrected chi connectivity index (χ3v) is 3.65. The number of benzene rings is 2. The van der Waals surface area contributed by atoms with Crippen molar-refractivity contribution in [2.24, 2.45) is 0 Å². The van der Waals surface area contributed by atoms with Crippen molar-refractivity contribution in [1.82, 2.24) is 4.98 Å². The molecule has 7 heteroatoms. The van der Waals surface area contributed by atoms with Crippen LogP contribution >= 0.6 is 11.6 Å². The zero-order valence-electron chi connectivity index (χ0n) is 12.2. The lowest BCUT2D eigenvalue weighted by atomic mass is 10.1. The summed E-state index contributed by atoms with van der Waals surface area (Å²) in [5.74, 6) is -2.40. The van der Waals surface area contributed by atoms with Gasteiger partial charge in [-0.3, -0.25) is 4.98 Å². The van der Waals surface area contributed by atoms with Gasteiger partial charge in [-0.25, -0.2) is 9.59 Å². The number of aromatic nitrogens is 1. The number of carbonyl (C=O) groups is 2. The number of hydrogen-bond donors (Lipinski definition) is 3. The molecule has 3 rings (SSSR count). The van der Waals surface area contributed by atoms with E-state index in [0.717, 1.165) is 11.5 Å². The Morgan fingerprint density at radius 1 is 0.958 bits per heavy atom. The van der Waals surface area contributed by atoms with Crippen molar-refractivity contribution in [2.45, 2.75) is 0 Å². The van der Waals surface area contributed by atoms with E-state index in [1.54, 1.807) is 30.5 Å². The fraction of sp³-hybridized carbons (Fsp3) is 0. The number of nitrogens with one attached hydrogen (secondary N) is 1. The van der Waals surface area contributed by atoms with Crippen LogP contribution in [0.3, 0.4) is 0 Å². The Morgan fingerprint density at radius 2 is 1.62 bits per heavy atom. The first-order chi connectivity index (χ1) is 11.4. The van der Waals surface area contributed by atoms with Crippen LogP contribution in [0.25, 0.3) is 10.9 Å². The van der Waals surface area contributed by atoms with E-state index in [9.17, 15) is 9.59 Å². The minimum Gasteiger partial charge on any atom is -0.478 e. The molecule has 3 aromatic rings. The molecule has 0 spiro atoms. The van der Waals surface area contributed by atoms with Crippen LogP contribution in [0.4, 0.5) is 11.4 Å². The fourth-order valence-corrected chi connectivity index (χ4v) is 2.50. The van der Waals surface area contributed by atoms with E-state index in [0.29, 0.717) is 21.9 Å². The lowest BCUT2D eigenvalue weighted by Gasteiger charge is -2.11. The van der Waals surface area contributed by atoms with Crippen molar-refractivity contribution < 1.29 is 19.8 Å². The maximum atomic E-state index is 11.2. The van der Waals surface area contributed by atoms with Gasteiger partial charge in [-0.15, -0.1) is 0 Å². The maximum absolute atomic E-state index is 11.2. The Morgan fingerprint density at radius 3 is 2.25 bits per heavy atom. The standard InChI is InChI=1S/C17H11ClN2O4/c18-11-1-2-13-14(3-4-19-15(13)8-11)20-12-6-9(16(21)22)5-10(7-12)17(23)24/h1-8H,(H,19,20)(H,21,22)(H,23,24). The Bertz CT molecular complexity index is 940. The van der Waals surface area contributed by atoms with Crippen LogP contribution in [-0.4, -0.2) is 27.1 Å². The third-order valence-electron chi connectivity index (χ3n) is 3.41. The van der Waals surface area contributed by atoms with E-state index in [4.69, 9.17) is 21.8 Å². The molecule has 1 aromatic heterocycles. The van der Waals surface area contributed by atoms with Gasteiger partial charge in [-0.2, -0.15) is 0 Å². The molecule has 6 nitrogen and oxygen atoms in total. The molecule has 0 amide bonds. The molecular formula is C17H11ClN2O4. The highest BCUT2D eigenvalue weighted by Gasteiger charge is 2.12. The summed E-state index contributed by atoms with van der Waals surface area (Å²) in [7, 11) is 0. The first kappa shape index (κ1) is 15.8. The summed E-state index contributed by atoms with van der Waals surface area (Å²) in [5, 5.41) is 22.7. The topological polar surface area (TPSA) is 99.5 Å². The molecule has 0 aliphatic heterocycles. The highest BCUT2D eigenvalue weighted by Crippen LogP contribution is 2.28. The second-order valence-electron chi connectivity index (χ2n) is 5.05. The van der Waals surface area contributed by atoms with Gasteiger partial charge >= 0.3 is 11.9 Å². The van der Waals surface area contributed by atoms with Gasteiger partial charge in [0.1, 0.15) is 0 Å². The van der Waals surface area contributed by atoms with E-state index in [1.807, 2.05) is 0 Å². The highest BCUT2D eigenvalue weighted by atomic mass is 35.5. The lowest BCUT2D eigenvalue weighted by molar-refractivity contribution is 0.0696. The summed E-state index contributed by atoms with van der Waals surface area (Å²) in [6.45, 7) is 0. The fourth-order valence-electron chi connectivity index (χ4n) is 2.33. The molecule has 24 heavy (non-hydrogen) atoms. The van der Waals surface area contributed by atoms with Crippen molar-refractivity contribution in [3.05, 3.63) is 64.8 Å². The molecule has 0 fully saturated rings. The van der Waals surface area contributed by atoms with Gasteiger partial charge in [-0.1, -0.05) is 11.6 Å². The van der Waals surface area contributed by atoms with Crippen LogP contribution in [0.5, 0.6) is 0 Å². The molecule has 0 bridgehead atoms. The van der Waals surface area contributed by atoms with E-state index >= 15 is 0 Å². The van der Waals surface area contributed by atoms with Crippen molar-refractivity contribution >= 4 is 45.8 Å². The molecule has 120 valence electrons. The summed E-state index contributed by atoms with van der Waals surface area (Å²) in [4.78, 5) is 26.6. The van der Waals surface area contributed by atoms with Crippen LogP contribution < -0.4 is 5.32 Å². The molecule has 0 radical (unpaired) electrons. The molecule has 0 saturated carbocycles. The highest BCUT2D eigenvalue weighted by molar-refractivity contribution is 6.31. The van der Waals surface area contributed by atoms with Crippen molar-refractivity contribution in [3.8, 4) is 0 Å². The molecule has 0 unspecified atom stereocenters. The maximum Gasteiger partial charge on any atom is 0.335 e. The Hall–Kier alpha value is -3.12. The zero-order valence-corrected chi connectivity index (χ0v) is 12.9. The summed E-state index contributed by atoms with van der Waals surface area (Å²) < 4.78 is 0. The molecule has 3 N–H and O–H groups in total. The smallest absolute Gasteiger partial charge is 0.335 e.